The second kappa shape index (κ2) is 9.30. The van der Waals surface area contributed by atoms with E-state index in [9.17, 15) is 4.79 Å². The van der Waals surface area contributed by atoms with Gasteiger partial charge in [-0.25, -0.2) is 4.79 Å². The molecule has 0 amide bonds. The van der Waals surface area contributed by atoms with Crippen molar-refractivity contribution in [3.05, 3.63) is 70.8 Å². The van der Waals surface area contributed by atoms with E-state index in [4.69, 9.17) is 15.6 Å². The largest absolute Gasteiger partial charge is 0.478 e. The van der Waals surface area contributed by atoms with Crippen LogP contribution in [0.2, 0.25) is 0 Å². The number of rotatable bonds is 7. The second-order valence-corrected chi connectivity index (χ2v) is 5.42. The summed E-state index contributed by atoms with van der Waals surface area (Å²) in [6.07, 6.45) is 0.776. The lowest BCUT2D eigenvalue weighted by Gasteiger charge is -2.13. The van der Waals surface area contributed by atoms with Crippen LogP contribution < -0.4 is 5.73 Å². The van der Waals surface area contributed by atoms with Crippen LogP contribution in [-0.2, 0) is 17.8 Å². The van der Waals surface area contributed by atoms with Gasteiger partial charge in [-0.15, -0.1) is 12.4 Å². The van der Waals surface area contributed by atoms with E-state index >= 15 is 0 Å². The van der Waals surface area contributed by atoms with Crippen molar-refractivity contribution >= 4 is 18.4 Å². The van der Waals surface area contributed by atoms with Gasteiger partial charge in [0.1, 0.15) is 0 Å². The lowest BCUT2D eigenvalue weighted by molar-refractivity contribution is 0.0696. The van der Waals surface area contributed by atoms with Crippen LogP contribution in [0.3, 0.4) is 0 Å². The van der Waals surface area contributed by atoms with Crippen molar-refractivity contribution in [2.45, 2.75) is 26.0 Å². The van der Waals surface area contributed by atoms with Gasteiger partial charge in [-0.2, -0.15) is 0 Å². The molecule has 23 heavy (non-hydrogen) atoms. The Morgan fingerprint density at radius 3 is 2.48 bits per heavy atom. The Balaban J connectivity index is 0.00000264. The highest BCUT2D eigenvalue weighted by Crippen LogP contribution is 2.12. The Kier molecular flexibility index (Phi) is 7.75. The number of hydrogen-bond acceptors (Lipinski definition) is 3. The number of carboxylic acids is 1. The van der Waals surface area contributed by atoms with Crippen molar-refractivity contribution in [1.82, 2.24) is 0 Å². The van der Waals surface area contributed by atoms with Gasteiger partial charge < -0.3 is 15.6 Å². The van der Waals surface area contributed by atoms with E-state index < -0.39 is 5.97 Å². The Hall–Kier alpha value is -1.88. The fraction of sp³-hybridized carbons (Fsp3) is 0.278. The molecule has 2 aromatic carbocycles. The van der Waals surface area contributed by atoms with E-state index in [0.717, 1.165) is 17.5 Å². The summed E-state index contributed by atoms with van der Waals surface area (Å²) in [5, 5.41) is 9.00. The molecule has 124 valence electrons. The van der Waals surface area contributed by atoms with Gasteiger partial charge in [0.05, 0.1) is 18.8 Å². The normalized spacial score (nSPS) is 11.6. The summed E-state index contributed by atoms with van der Waals surface area (Å²) in [4.78, 5) is 11.0. The summed E-state index contributed by atoms with van der Waals surface area (Å²) in [6, 6.07) is 15.2. The van der Waals surface area contributed by atoms with E-state index in [0.29, 0.717) is 18.8 Å². The van der Waals surface area contributed by atoms with Gasteiger partial charge >= 0.3 is 5.97 Å². The van der Waals surface area contributed by atoms with E-state index in [1.807, 2.05) is 36.4 Å². The van der Waals surface area contributed by atoms with Crippen LogP contribution >= 0.6 is 12.4 Å². The van der Waals surface area contributed by atoms with Crippen molar-refractivity contribution in [2.24, 2.45) is 5.73 Å². The molecule has 0 spiro atoms. The zero-order valence-corrected chi connectivity index (χ0v) is 13.9. The molecule has 0 aliphatic heterocycles. The minimum absolute atomic E-state index is 0. The monoisotopic (exact) mass is 335 g/mol. The van der Waals surface area contributed by atoms with Gasteiger partial charge in [-0.05, 0) is 36.1 Å². The van der Waals surface area contributed by atoms with Crippen molar-refractivity contribution in [1.29, 1.82) is 0 Å². The number of benzene rings is 2. The van der Waals surface area contributed by atoms with Crippen molar-refractivity contribution in [3.8, 4) is 0 Å². The van der Waals surface area contributed by atoms with Crippen LogP contribution in [0.1, 0.15) is 27.0 Å². The molecule has 0 aromatic heterocycles. The maximum absolute atomic E-state index is 11.0. The molecule has 5 heteroatoms. The SMILES string of the molecule is Cc1cc(COC[C@@H](N)Cc2ccccc2)ccc1C(=O)O.Cl. The molecule has 0 saturated carbocycles. The molecular weight excluding hydrogens is 314 g/mol. The average molecular weight is 336 g/mol. The van der Waals surface area contributed by atoms with Crippen LogP contribution in [0, 0.1) is 6.92 Å². The smallest absolute Gasteiger partial charge is 0.335 e. The first-order valence-electron chi connectivity index (χ1n) is 7.26. The fourth-order valence-corrected chi connectivity index (χ4v) is 2.36. The molecule has 0 bridgehead atoms. The Morgan fingerprint density at radius 2 is 1.87 bits per heavy atom. The zero-order chi connectivity index (χ0) is 15.9. The molecule has 0 heterocycles. The Morgan fingerprint density at radius 1 is 1.17 bits per heavy atom. The van der Waals surface area contributed by atoms with Crippen molar-refractivity contribution < 1.29 is 14.6 Å². The van der Waals surface area contributed by atoms with Crippen LogP contribution in [0.5, 0.6) is 0 Å². The maximum atomic E-state index is 11.0. The summed E-state index contributed by atoms with van der Waals surface area (Å²) in [7, 11) is 0. The first-order valence-corrected chi connectivity index (χ1v) is 7.26. The molecule has 0 fully saturated rings. The highest BCUT2D eigenvalue weighted by Gasteiger charge is 2.08. The number of aromatic carboxylic acids is 1. The van der Waals surface area contributed by atoms with Gasteiger partial charge in [0.2, 0.25) is 0 Å². The minimum atomic E-state index is -0.908. The molecule has 0 unspecified atom stereocenters. The molecule has 0 aliphatic carbocycles. The Bertz CT molecular complexity index is 631. The van der Waals surface area contributed by atoms with Crippen LogP contribution in [0.25, 0.3) is 0 Å². The number of carboxylic acid groups (broad SMARTS) is 1. The van der Waals surface area contributed by atoms with Gasteiger partial charge in [-0.3, -0.25) is 0 Å². The number of carbonyl (C=O) groups is 1. The van der Waals surface area contributed by atoms with Gasteiger partial charge in [-0.1, -0.05) is 42.5 Å². The average Bonchev–Trinajstić information content (AvgIpc) is 2.48. The Labute approximate surface area is 142 Å². The molecule has 4 nitrogen and oxygen atoms in total. The van der Waals surface area contributed by atoms with Crippen molar-refractivity contribution in [3.63, 3.8) is 0 Å². The molecule has 3 N–H and O–H groups in total. The molecule has 2 aromatic rings. The number of ether oxygens (including phenoxy) is 1. The van der Waals surface area contributed by atoms with E-state index in [2.05, 4.69) is 0 Å². The molecule has 0 aliphatic rings. The molecule has 1 atom stereocenters. The second-order valence-electron chi connectivity index (χ2n) is 5.42. The zero-order valence-electron chi connectivity index (χ0n) is 13.1. The van der Waals surface area contributed by atoms with Gasteiger partial charge in [0.15, 0.2) is 0 Å². The lowest BCUT2D eigenvalue weighted by Crippen LogP contribution is -2.28. The molecule has 0 saturated heterocycles. The summed E-state index contributed by atoms with van der Waals surface area (Å²) >= 11 is 0. The van der Waals surface area contributed by atoms with E-state index in [-0.39, 0.29) is 18.4 Å². The molecule has 0 radical (unpaired) electrons. The topological polar surface area (TPSA) is 72.5 Å². The van der Waals surface area contributed by atoms with Crippen molar-refractivity contribution in [2.75, 3.05) is 6.61 Å². The van der Waals surface area contributed by atoms with Crippen LogP contribution in [0.4, 0.5) is 0 Å². The quantitative estimate of drug-likeness (QED) is 0.815. The van der Waals surface area contributed by atoms with Crippen LogP contribution in [-0.4, -0.2) is 23.7 Å². The van der Waals surface area contributed by atoms with Gasteiger partial charge in [0, 0.05) is 6.04 Å². The number of aryl methyl sites for hydroxylation is 1. The predicted molar refractivity (Wildman–Crippen MR) is 93.2 cm³/mol. The third kappa shape index (κ3) is 6.02. The van der Waals surface area contributed by atoms with Gasteiger partial charge in [0.25, 0.3) is 0 Å². The summed E-state index contributed by atoms with van der Waals surface area (Å²) in [5.74, 6) is -0.908. The minimum Gasteiger partial charge on any atom is -0.478 e. The number of hydrogen-bond donors (Lipinski definition) is 2. The first kappa shape index (κ1) is 19.2. The molecule has 2 rings (SSSR count). The first-order chi connectivity index (χ1) is 10.6. The number of halogens is 1. The summed E-state index contributed by atoms with van der Waals surface area (Å²) in [5.41, 5.74) is 9.27. The fourth-order valence-electron chi connectivity index (χ4n) is 2.36. The highest BCUT2D eigenvalue weighted by atomic mass is 35.5. The number of nitrogens with two attached hydrogens (primary N) is 1. The maximum Gasteiger partial charge on any atom is 0.335 e. The van der Waals surface area contributed by atoms with E-state index in [1.165, 1.54) is 5.56 Å². The highest BCUT2D eigenvalue weighted by molar-refractivity contribution is 5.89. The standard InChI is InChI=1S/C18H21NO3.ClH/c1-13-9-15(7-8-17(13)18(20)21)11-22-12-16(19)10-14-5-3-2-4-6-14;/h2-9,16H,10-12,19H2,1H3,(H,20,21);1H/t16-;/m0./s1. The predicted octanol–water partition coefficient (Wildman–Crippen LogP) is 3.20. The summed E-state index contributed by atoms with van der Waals surface area (Å²) < 4.78 is 5.64. The lowest BCUT2D eigenvalue weighted by atomic mass is 10.1. The molecular formula is C18H22ClNO3. The summed E-state index contributed by atoms with van der Waals surface area (Å²) in [6.45, 7) is 2.69. The van der Waals surface area contributed by atoms with E-state index in [1.54, 1.807) is 19.1 Å². The van der Waals surface area contributed by atoms with Crippen LogP contribution in [0.15, 0.2) is 48.5 Å². The third-order valence-corrected chi connectivity index (χ3v) is 3.46. The third-order valence-electron chi connectivity index (χ3n) is 3.46.